The quantitative estimate of drug-likeness (QED) is 0.298. The summed E-state index contributed by atoms with van der Waals surface area (Å²) >= 11 is 0. The smallest absolute Gasteiger partial charge is 0.416 e. The minimum Gasteiger partial charge on any atom is -0.492 e. The van der Waals surface area contributed by atoms with E-state index in [1.807, 2.05) is 18.2 Å². The van der Waals surface area contributed by atoms with Gasteiger partial charge in [0.05, 0.1) is 18.1 Å². The van der Waals surface area contributed by atoms with Crippen LogP contribution in [0.15, 0.2) is 47.3 Å². The van der Waals surface area contributed by atoms with E-state index >= 15 is 0 Å². The molecule has 46 heavy (non-hydrogen) atoms. The van der Waals surface area contributed by atoms with Crippen LogP contribution in [0.5, 0.6) is 11.5 Å². The van der Waals surface area contributed by atoms with Crippen LogP contribution < -0.4 is 35.9 Å². The molecular formula is C32H38N6O8. The number of anilines is 2. The van der Waals surface area contributed by atoms with Gasteiger partial charge in [-0.05, 0) is 69.3 Å². The molecule has 4 heterocycles. The summed E-state index contributed by atoms with van der Waals surface area (Å²) in [4.78, 5) is 55.4. The molecule has 2 aromatic heterocycles. The first kappa shape index (κ1) is 31.1. The van der Waals surface area contributed by atoms with Crippen LogP contribution in [0, 0.1) is 0 Å². The number of hydrogen-bond acceptors (Lipinski definition) is 10. The number of hydrogen-bond donors (Lipinski definition) is 3. The Morgan fingerprint density at radius 1 is 1.09 bits per heavy atom. The molecule has 3 atom stereocenters. The van der Waals surface area contributed by atoms with Crippen molar-refractivity contribution in [1.82, 2.24) is 20.2 Å². The zero-order chi connectivity index (χ0) is 32.4. The van der Waals surface area contributed by atoms with E-state index in [4.69, 9.17) is 18.9 Å². The second-order valence-electron chi connectivity index (χ2n) is 12.5. The van der Waals surface area contributed by atoms with Crippen molar-refractivity contribution in [2.45, 2.75) is 70.4 Å². The number of fused-ring (bicyclic) bond motifs is 3. The van der Waals surface area contributed by atoms with Crippen LogP contribution in [0.1, 0.15) is 40.0 Å². The molecule has 14 heteroatoms. The molecule has 1 aliphatic carbocycles. The molecule has 1 saturated heterocycles. The average Bonchev–Trinajstić information content (AvgIpc) is 3.34. The zero-order valence-corrected chi connectivity index (χ0v) is 26.0. The Morgan fingerprint density at radius 3 is 2.74 bits per heavy atom. The van der Waals surface area contributed by atoms with E-state index in [-0.39, 0.29) is 55.2 Å². The average molecular weight is 635 g/mol. The minimum atomic E-state index is -0.579. The predicted molar refractivity (Wildman–Crippen MR) is 168 cm³/mol. The van der Waals surface area contributed by atoms with Gasteiger partial charge in [0.2, 0.25) is 0 Å². The Bertz CT molecular complexity index is 1700. The van der Waals surface area contributed by atoms with E-state index in [0.29, 0.717) is 43.2 Å². The fourth-order valence-electron chi connectivity index (χ4n) is 6.00. The zero-order valence-electron chi connectivity index (χ0n) is 26.0. The highest BCUT2D eigenvalue weighted by Crippen LogP contribution is 2.37. The first-order chi connectivity index (χ1) is 22.0. The van der Waals surface area contributed by atoms with E-state index in [1.54, 1.807) is 54.5 Å². The summed E-state index contributed by atoms with van der Waals surface area (Å²) < 4.78 is 23.9. The number of aromatic nitrogens is 2. The molecule has 0 bridgehead atoms. The van der Waals surface area contributed by atoms with Crippen LogP contribution in [0.2, 0.25) is 0 Å². The Kier molecular flexibility index (Phi) is 8.71. The lowest BCUT2D eigenvalue weighted by Gasteiger charge is -2.33. The van der Waals surface area contributed by atoms with Crippen molar-refractivity contribution in [3.63, 3.8) is 0 Å². The molecule has 0 spiro atoms. The van der Waals surface area contributed by atoms with Crippen molar-refractivity contribution < 1.29 is 33.3 Å². The van der Waals surface area contributed by atoms with Gasteiger partial charge in [-0.1, -0.05) is 0 Å². The first-order valence-corrected chi connectivity index (χ1v) is 15.4. The standard InChI is InChI=1S/C32H38N6O8/c1-32(2,3)46-30(41)34-13-15-43-21-7-4-19-5-11-28(40)37(23(19)17-21)14-12-33-20-6-8-22-25(16-20)45-31(42)38(22)26-10-9-24-29(35-26)36-27(39)18-44-24/h4-5,7,9-11,17,20,22,25,33H,6,8,12-16,18H2,1-3H3,(H,34,41)(H,35,36,39)/t20-,22-,25-/m0/s1. The summed E-state index contributed by atoms with van der Waals surface area (Å²) in [5, 5.41) is 9.79. The lowest BCUT2D eigenvalue weighted by molar-refractivity contribution is -0.118. The van der Waals surface area contributed by atoms with Crippen molar-refractivity contribution in [3.8, 4) is 11.5 Å². The van der Waals surface area contributed by atoms with Gasteiger partial charge < -0.3 is 39.5 Å². The largest absolute Gasteiger partial charge is 0.492 e. The lowest BCUT2D eigenvalue weighted by Crippen LogP contribution is -2.46. The number of nitrogens with one attached hydrogen (secondary N) is 3. The van der Waals surface area contributed by atoms with Crippen LogP contribution in [0.3, 0.4) is 0 Å². The molecule has 0 unspecified atom stereocenters. The van der Waals surface area contributed by atoms with Crippen LogP contribution >= 0.6 is 0 Å². The Labute approximate surface area is 265 Å². The summed E-state index contributed by atoms with van der Waals surface area (Å²) in [7, 11) is 0. The van der Waals surface area contributed by atoms with E-state index in [0.717, 1.165) is 17.3 Å². The third-order valence-electron chi connectivity index (χ3n) is 8.02. The van der Waals surface area contributed by atoms with Gasteiger partial charge in [-0.2, -0.15) is 0 Å². The number of amides is 3. The summed E-state index contributed by atoms with van der Waals surface area (Å²) in [6.45, 7) is 6.81. The van der Waals surface area contributed by atoms with Crippen molar-refractivity contribution >= 4 is 40.6 Å². The van der Waals surface area contributed by atoms with E-state index in [2.05, 4.69) is 20.9 Å². The van der Waals surface area contributed by atoms with Crippen LogP contribution in [0.4, 0.5) is 21.2 Å². The van der Waals surface area contributed by atoms with Gasteiger partial charge in [-0.25, -0.2) is 14.6 Å². The third kappa shape index (κ3) is 7.01. The van der Waals surface area contributed by atoms with Crippen LogP contribution in [0.25, 0.3) is 10.9 Å². The number of nitrogens with zero attached hydrogens (tertiary/aromatic N) is 3. The minimum absolute atomic E-state index is 0.0693. The number of carbonyl (C=O) groups is 3. The van der Waals surface area contributed by atoms with Gasteiger partial charge in [0.25, 0.3) is 11.5 Å². The number of alkyl carbamates (subject to hydrolysis) is 1. The van der Waals surface area contributed by atoms with E-state index in [9.17, 15) is 19.2 Å². The Balaban J connectivity index is 1.03. The van der Waals surface area contributed by atoms with Crippen LogP contribution in [-0.2, 0) is 20.8 Å². The van der Waals surface area contributed by atoms with Gasteiger partial charge in [-0.3, -0.25) is 14.5 Å². The predicted octanol–water partition coefficient (Wildman–Crippen LogP) is 3.17. The van der Waals surface area contributed by atoms with Gasteiger partial charge in [-0.15, -0.1) is 0 Å². The highest BCUT2D eigenvalue weighted by atomic mass is 16.6. The normalized spacial score (nSPS) is 20.7. The monoisotopic (exact) mass is 634 g/mol. The molecule has 3 aliphatic rings. The molecule has 3 amide bonds. The molecule has 244 valence electrons. The van der Waals surface area contributed by atoms with Crippen LogP contribution in [-0.4, -0.2) is 77.7 Å². The maximum absolute atomic E-state index is 12.9. The summed E-state index contributed by atoms with van der Waals surface area (Å²) in [5.41, 5.74) is 0.0427. The SMILES string of the molecule is CC(C)(C)OC(=O)NCCOc1ccc2ccc(=O)n(CCN[C@H]3CC[C@H]4[C@H](C3)OC(=O)N4c3ccc4c(n3)NC(=O)CO4)c2c1. The summed E-state index contributed by atoms with van der Waals surface area (Å²) in [6, 6.07) is 12.2. The fourth-order valence-corrected chi connectivity index (χ4v) is 6.00. The molecule has 1 aromatic carbocycles. The molecule has 1 saturated carbocycles. The highest BCUT2D eigenvalue weighted by Gasteiger charge is 2.46. The van der Waals surface area contributed by atoms with Gasteiger partial charge in [0.1, 0.15) is 29.9 Å². The Hall–Kier alpha value is -4.85. The summed E-state index contributed by atoms with van der Waals surface area (Å²) in [5.74, 6) is 1.45. The molecular weight excluding hydrogens is 596 g/mol. The van der Waals surface area contributed by atoms with Crippen molar-refractivity contribution in [2.75, 3.05) is 36.5 Å². The van der Waals surface area contributed by atoms with Crippen molar-refractivity contribution in [2.24, 2.45) is 0 Å². The molecule has 2 aliphatic heterocycles. The molecule has 14 nitrogen and oxygen atoms in total. The number of benzene rings is 1. The Morgan fingerprint density at radius 2 is 1.91 bits per heavy atom. The van der Waals surface area contributed by atoms with E-state index < -0.39 is 17.8 Å². The molecule has 0 radical (unpaired) electrons. The lowest BCUT2D eigenvalue weighted by atomic mass is 9.88. The van der Waals surface area contributed by atoms with Crippen molar-refractivity contribution in [3.05, 3.63) is 52.8 Å². The summed E-state index contributed by atoms with van der Waals surface area (Å²) in [6.07, 6.45) is 0.842. The second-order valence-corrected chi connectivity index (χ2v) is 12.5. The molecule has 3 aromatic rings. The van der Waals surface area contributed by atoms with Crippen molar-refractivity contribution in [1.29, 1.82) is 0 Å². The molecule has 3 N–H and O–H groups in total. The number of rotatable bonds is 9. The maximum atomic E-state index is 12.9. The third-order valence-corrected chi connectivity index (χ3v) is 8.02. The number of pyridine rings is 2. The van der Waals surface area contributed by atoms with Gasteiger partial charge in [0, 0.05) is 37.7 Å². The maximum Gasteiger partial charge on any atom is 0.416 e. The van der Waals surface area contributed by atoms with Gasteiger partial charge >= 0.3 is 12.2 Å². The van der Waals surface area contributed by atoms with E-state index in [1.165, 1.54) is 0 Å². The number of ether oxygens (including phenoxy) is 4. The fraction of sp³-hybridized carbons (Fsp3) is 0.469. The molecule has 6 rings (SSSR count). The number of carbonyl (C=O) groups excluding carboxylic acids is 3. The second kappa shape index (κ2) is 12.9. The topological polar surface area (TPSA) is 162 Å². The molecule has 2 fully saturated rings. The van der Waals surface area contributed by atoms with Gasteiger partial charge in [0.15, 0.2) is 18.2 Å². The highest BCUT2D eigenvalue weighted by molar-refractivity contribution is 5.95. The first-order valence-electron chi connectivity index (χ1n) is 15.4.